The lowest BCUT2D eigenvalue weighted by Gasteiger charge is -2.25. The monoisotopic (exact) mass is 427 g/mol. The van der Waals surface area contributed by atoms with Gasteiger partial charge < -0.3 is 9.84 Å². The number of carbonyl (C=O) groups excluding carboxylic acids is 2. The van der Waals surface area contributed by atoms with E-state index >= 15 is 0 Å². The van der Waals surface area contributed by atoms with Crippen LogP contribution in [0, 0.1) is 13.8 Å². The Hall–Kier alpha value is -3.86. The van der Waals surface area contributed by atoms with E-state index in [0.717, 1.165) is 16.7 Å². The van der Waals surface area contributed by atoms with Crippen molar-refractivity contribution in [2.24, 2.45) is 0 Å². The van der Waals surface area contributed by atoms with Gasteiger partial charge in [0.2, 0.25) is 0 Å². The van der Waals surface area contributed by atoms with Crippen LogP contribution in [0.3, 0.4) is 0 Å². The van der Waals surface area contributed by atoms with Gasteiger partial charge in [-0.05, 0) is 55.7 Å². The van der Waals surface area contributed by atoms with E-state index in [4.69, 9.17) is 4.74 Å². The summed E-state index contributed by atoms with van der Waals surface area (Å²) in [6, 6.07) is 21.1. The molecule has 1 unspecified atom stereocenters. The standard InChI is InChI=1S/C27H25NO4/c1-4-32-22-12-8-11-21(16-22)28-24(19-9-6-5-7-10-19)23(26(30)27(28)31)25(29)20-14-13-17(2)18(3)15-20/h5-16,24,29H,4H2,1-3H3/b25-23+. The number of hydrogen-bond acceptors (Lipinski definition) is 4. The van der Waals surface area contributed by atoms with Crippen LogP contribution in [0.4, 0.5) is 5.69 Å². The fraction of sp³-hybridized carbons (Fsp3) is 0.185. The number of carbonyl (C=O) groups is 2. The van der Waals surface area contributed by atoms with Crippen molar-refractivity contribution in [3.8, 4) is 5.75 Å². The normalized spacial score (nSPS) is 17.6. The zero-order valence-corrected chi connectivity index (χ0v) is 18.3. The van der Waals surface area contributed by atoms with Gasteiger partial charge in [-0.3, -0.25) is 14.5 Å². The smallest absolute Gasteiger partial charge is 0.300 e. The van der Waals surface area contributed by atoms with Crippen molar-refractivity contribution < 1.29 is 19.4 Å². The first kappa shape index (κ1) is 21.4. The van der Waals surface area contributed by atoms with Gasteiger partial charge in [0, 0.05) is 17.3 Å². The molecule has 4 rings (SSSR count). The van der Waals surface area contributed by atoms with E-state index in [9.17, 15) is 14.7 Å². The number of benzene rings is 3. The highest BCUT2D eigenvalue weighted by atomic mass is 16.5. The lowest BCUT2D eigenvalue weighted by Crippen LogP contribution is -2.29. The van der Waals surface area contributed by atoms with E-state index in [1.807, 2.05) is 63.2 Å². The van der Waals surface area contributed by atoms with E-state index in [0.29, 0.717) is 23.6 Å². The summed E-state index contributed by atoms with van der Waals surface area (Å²) < 4.78 is 5.59. The summed E-state index contributed by atoms with van der Waals surface area (Å²) >= 11 is 0. The van der Waals surface area contributed by atoms with Crippen molar-refractivity contribution >= 4 is 23.1 Å². The number of ketones is 1. The summed E-state index contributed by atoms with van der Waals surface area (Å²) in [4.78, 5) is 27.9. The van der Waals surface area contributed by atoms with E-state index in [-0.39, 0.29) is 11.3 Å². The molecule has 0 aliphatic carbocycles. The zero-order valence-electron chi connectivity index (χ0n) is 18.3. The molecule has 1 heterocycles. The second kappa shape index (κ2) is 8.71. The maximum atomic E-state index is 13.2. The van der Waals surface area contributed by atoms with Crippen molar-refractivity contribution in [2.45, 2.75) is 26.8 Å². The SMILES string of the molecule is CCOc1cccc(N2C(=O)C(=O)/C(=C(/O)c3ccc(C)c(C)c3)C2c2ccccc2)c1. The molecule has 0 saturated carbocycles. The molecule has 1 saturated heterocycles. The highest BCUT2D eigenvalue weighted by molar-refractivity contribution is 6.51. The molecule has 5 nitrogen and oxygen atoms in total. The summed E-state index contributed by atoms with van der Waals surface area (Å²) in [5, 5.41) is 11.2. The lowest BCUT2D eigenvalue weighted by atomic mass is 9.94. The summed E-state index contributed by atoms with van der Waals surface area (Å²) in [7, 11) is 0. The minimum atomic E-state index is -0.755. The first-order chi connectivity index (χ1) is 15.4. The van der Waals surface area contributed by atoms with Gasteiger partial charge in [0.1, 0.15) is 11.5 Å². The molecule has 0 radical (unpaired) electrons. The van der Waals surface area contributed by atoms with Gasteiger partial charge >= 0.3 is 0 Å². The molecule has 0 bridgehead atoms. The van der Waals surface area contributed by atoms with Gasteiger partial charge in [-0.25, -0.2) is 0 Å². The van der Waals surface area contributed by atoms with Gasteiger partial charge in [0.05, 0.1) is 18.2 Å². The predicted molar refractivity (Wildman–Crippen MR) is 125 cm³/mol. The fourth-order valence-corrected chi connectivity index (χ4v) is 3.98. The van der Waals surface area contributed by atoms with Crippen LogP contribution in [-0.4, -0.2) is 23.4 Å². The third-order valence-electron chi connectivity index (χ3n) is 5.75. The van der Waals surface area contributed by atoms with Crippen LogP contribution >= 0.6 is 0 Å². The predicted octanol–water partition coefficient (Wildman–Crippen LogP) is 5.33. The first-order valence-corrected chi connectivity index (χ1v) is 10.6. The molecule has 1 aliphatic rings. The number of aryl methyl sites for hydroxylation is 2. The molecule has 1 N–H and O–H groups in total. The fourth-order valence-electron chi connectivity index (χ4n) is 3.98. The Morgan fingerprint density at radius 1 is 0.938 bits per heavy atom. The van der Waals surface area contributed by atoms with Crippen molar-refractivity contribution in [1.82, 2.24) is 0 Å². The molecular formula is C27H25NO4. The Bertz CT molecular complexity index is 1210. The first-order valence-electron chi connectivity index (χ1n) is 10.6. The van der Waals surface area contributed by atoms with Crippen LogP contribution in [0.2, 0.25) is 0 Å². The number of aliphatic hydroxyl groups excluding tert-OH is 1. The van der Waals surface area contributed by atoms with E-state index in [1.165, 1.54) is 4.90 Å². The second-order valence-corrected chi connectivity index (χ2v) is 7.81. The largest absolute Gasteiger partial charge is 0.507 e. The summed E-state index contributed by atoms with van der Waals surface area (Å²) in [6.07, 6.45) is 0. The van der Waals surface area contributed by atoms with Crippen LogP contribution in [0.1, 0.15) is 35.2 Å². The average Bonchev–Trinajstić information content (AvgIpc) is 3.07. The quantitative estimate of drug-likeness (QED) is 0.340. The molecular weight excluding hydrogens is 402 g/mol. The molecule has 162 valence electrons. The number of rotatable bonds is 5. The molecule has 5 heteroatoms. The van der Waals surface area contributed by atoms with E-state index in [1.54, 1.807) is 30.3 Å². The van der Waals surface area contributed by atoms with E-state index in [2.05, 4.69) is 0 Å². The summed E-state index contributed by atoms with van der Waals surface area (Å²) in [5.41, 5.74) is 3.92. The van der Waals surface area contributed by atoms with Crippen LogP contribution in [0.25, 0.3) is 5.76 Å². The van der Waals surface area contributed by atoms with Crippen molar-refractivity contribution in [3.63, 3.8) is 0 Å². The molecule has 1 amide bonds. The van der Waals surface area contributed by atoms with Gasteiger partial charge in [-0.15, -0.1) is 0 Å². The topological polar surface area (TPSA) is 66.8 Å². The number of Topliss-reactive ketones (excluding diaryl/α,β-unsaturated/α-hetero) is 1. The summed E-state index contributed by atoms with van der Waals surface area (Å²) in [6.45, 7) is 6.29. The number of aliphatic hydroxyl groups is 1. The Kier molecular flexibility index (Phi) is 5.82. The van der Waals surface area contributed by atoms with Crippen LogP contribution in [0.5, 0.6) is 5.75 Å². The van der Waals surface area contributed by atoms with Crippen LogP contribution < -0.4 is 9.64 Å². The molecule has 1 fully saturated rings. The molecule has 3 aromatic rings. The van der Waals surface area contributed by atoms with Crippen molar-refractivity contribution in [1.29, 1.82) is 0 Å². The Labute approximate surface area is 187 Å². The third-order valence-corrected chi connectivity index (χ3v) is 5.75. The number of ether oxygens (including phenoxy) is 1. The summed E-state index contributed by atoms with van der Waals surface area (Å²) in [5.74, 6) is -0.967. The van der Waals surface area contributed by atoms with Gasteiger partial charge in [-0.1, -0.05) is 48.5 Å². The van der Waals surface area contributed by atoms with Gasteiger partial charge in [0.25, 0.3) is 11.7 Å². The van der Waals surface area contributed by atoms with Crippen LogP contribution in [-0.2, 0) is 9.59 Å². The number of hydrogen-bond donors (Lipinski definition) is 1. The Morgan fingerprint density at radius 3 is 2.38 bits per heavy atom. The highest BCUT2D eigenvalue weighted by Crippen LogP contribution is 2.42. The van der Waals surface area contributed by atoms with Gasteiger partial charge in [-0.2, -0.15) is 0 Å². The molecule has 0 aromatic heterocycles. The molecule has 0 spiro atoms. The maximum absolute atomic E-state index is 13.2. The average molecular weight is 428 g/mol. The zero-order chi connectivity index (χ0) is 22.8. The van der Waals surface area contributed by atoms with Crippen molar-refractivity contribution in [3.05, 3.63) is 101 Å². The third kappa shape index (κ3) is 3.78. The highest BCUT2D eigenvalue weighted by Gasteiger charge is 2.47. The number of anilines is 1. The minimum Gasteiger partial charge on any atom is -0.507 e. The minimum absolute atomic E-state index is 0.0752. The molecule has 32 heavy (non-hydrogen) atoms. The Morgan fingerprint density at radius 2 is 1.69 bits per heavy atom. The lowest BCUT2D eigenvalue weighted by molar-refractivity contribution is -0.132. The second-order valence-electron chi connectivity index (χ2n) is 7.81. The van der Waals surface area contributed by atoms with Crippen LogP contribution in [0.15, 0.2) is 78.4 Å². The molecule has 1 aliphatic heterocycles. The van der Waals surface area contributed by atoms with E-state index < -0.39 is 17.7 Å². The number of amides is 1. The maximum Gasteiger partial charge on any atom is 0.300 e. The Balaban J connectivity index is 1.92. The number of nitrogens with zero attached hydrogens (tertiary/aromatic N) is 1. The van der Waals surface area contributed by atoms with Crippen molar-refractivity contribution in [2.75, 3.05) is 11.5 Å². The molecule has 3 aromatic carbocycles. The van der Waals surface area contributed by atoms with Gasteiger partial charge in [0.15, 0.2) is 0 Å². The molecule has 1 atom stereocenters.